The standard InChI is InChI=1S/C20H36N6.HI/c1-15(2)26-13-16-8-9-17(12-18(16)24-26)23-19(21-3)22-14-20(25(4)5)10-6-7-11-20;/h13,15,17H,6-12,14H2,1-5H3,(H2,21,22,23);1H. The first-order chi connectivity index (χ1) is 12.4. The van der Waals surface area contributed by atoms with E-state index in [9.17, 15) is 0 Å². The highest BCUT2D eigenvalue weighted by Gasteiger charge is 2.36. The largest absolute Gasteiger partial charge is 0.355 e. The highest BCUT2D eigenvalue weighted by molar-refractivity contribution is 14.0. The second kappa shape index (κ2) is 9.58. The molecular formula is C20H37IN6. The molecule has 0 saturated heterocycles. The van der Waals surface area contributed by atoms with Crippen LogP contribution in [-0.4, -0.2) is 59.9 Å². The third-order valence-electron chi connectivity index (χ3n) is 6.26. The fraction of sp³-hybridized carbons (Fsp3) is 0.800. The number of halogens is 1. The van der Waals surface area contributed by atoms with Gasteiger partial charge < -0.3 is 15.5 Å². The summed E-state index contributed by atoms with van der Waals surface area (Å²) in [6.45, 7) is 5.33. The van der Waals surface area contributed by atoms with Crippen molar-refractivity contribution < 1.29 is 0 Å². The maximum absolute atomic E-state index is 4.79. The van der Waals surface area contributed by atoms with Crippen molar-refractivity contribution >= 4 is 29.9 Å². The Labute approximate surface area is 181 Å². The molecule has 0 aliphatic heterocycles. The van der Waals surface area contributed by atoms with E-state index in [-0.39, 0.29) is 29.5 Å². The molecule has 1 aromatic heterocycles. The number of rotatable bonds is 5. The molecule has 1 heterocycles. The molecule has 2 aliphatic carbocycles. The number of guanidine groups is 1. The number of aliphatic imine (C=N–C) groups is 1. The van der Waals surface area contributed by atoms with Crippen molar-refractivity contribution in [1.82, 2.24) is 25.3 Å². The molecule has 154 valence electrons. The molecule has 1 fully saturated rings. The molecule has 1 aromatic rings. The van der Waals surface area contributed by atoms with E-state index < -0.39 is 0 Å². The van der Waals surface area contributed by atoms with Gasteiger partial charge in [0.05, 0.1) is 5.69 Å². The number of likely N-dealkylation sites (N-methyl/N-ethyl adjacent to an activating group) is 1. The van der Waals surface area contributed by atoms with Gasteiger partial charge in [0.1, 0.15) is 0 Å². The zero-order valence-corrected chi connectivity index (χ0v) is 19.9. The monoisotopic (exact) mass is 488 g/mol. The van der Waals surface area contributed by atoms with Crippen LogP contribution in [0.4, 0.5) is 0 Å². The molecule has 0 spiro atoms. The maximum Gasteiger partial charge on any atom is 0.191 e. The molecule has 7 heteroatoms. The van der Waals surface area contributed by atoms with E-state index in [1.165, 1.54) is 36.9 Å². The summed E-state index contributed by atoms with van der Waals surface area (Å²) >= 11 is 0. The first kappa shape index (κ1) is 22.5. The summed E-state index contributed by atoms with van der Waals surface area (Å²) < 4.78 is 2.10. The number of nitrogens with one attached hydrogen (secondary N) is 2. The second-order valence-corrected chi connectivity index (χ2v) is 8.51. The SMILES string of the molecule is CN=C(NCC1(N(C)C)CCCC1)NC1CCc2cn(C(C)C)nc2C1.I. The summed E-state index contributed by atoms with van der Waals surface area (Å²) in [5, 5.41) is 12.0. The van der Waals surface area contributed by atoms with E-state index in [1.54, 1.807) is 0 Å². The summed E-state index contributed by atoms with van der Waals surface area (Å²) in [7, 11) is 6.28. The topological polar surface area (TPSA) is 57.5 Å². The summed E-state index contributed by atoms with van der Waals surface area (Å²) in [5.74, 6) is 0.926. The normalized spacial score (nSPS) is 21.9. The van der Waals surface area contributed by atoms with Gasteiger partial charge in [-0.15, -0.1) is 24.0 Å². The number of fused-ring (bicyclic) bond motifs is 1. The summed E-state index contributed by atoms with van der Waals surface area (Å²) in [5.41, 5.74) is 2.93. The van der Waals surface area contributed by atoms with Gasteiger partial charge in [0.2, 0.25) is 0 Å². The quantitative estimate of drug-likeness (QED) is 0.380. The van der Waals surface area contributed by atoms with E-state index >= 15 is 0 Å². The molecule has 0 aromatic carbocycles. The van der Waals surface area contributed by atoms with E-state index in [2.05, 4.69) is 59.3 Å². The minimum atomic E-state index is 0. The smallest absolute Gasteiger partial charge is 0.191 e. The highest BCUT2D eigenvalue weighted by Crippen LogP contribution is 2.33. The molecule has 1 saturated carbocycles. The molecule has 3 rings (SSSR count). The Bertz CT molecular complexity index is 630. The molecule has 0 radical (unpaired) electrons. The Balaban J connectivity index is 0.00000261. The van der Waals surface area contributed by atoms with Crippen LogP contribution >= 0.6 is 24.0 Å². The molecule has 1 unspecified atom stereocenters. The predicted molar refractivity (Wildman–Crippen MR) is 123 cm³/mol. The average molecular weight is 488 g/mol. The molecular weight excluding hydrogens is 451 g/mol. The van der Waals surface area contributed by atoms with Crippen molar-refractivity contribution in [3.8, 4) is 0 Å². The lowest BCUT2D eigenvalue weighted by molar-refractivity contribution is 0.160. The molecule has 2 N–H and O–H groups in total. The predicted octanol–water partition coefficient (Wildman–Crippen LogP) is 2.98. The van der Waals surface area contributed by atoms with Crippen LogP contribution in [0, 0.1) is 0 Å². The zero-order chi connectivity index (χ0) is 18.7. The van der Waals surface area contributed by atoms with Gasteiger partial charge in [-0.2, -0.15) is 5.10 Å². The van der Waals surface area contributed by atoms with E-state index in [0.29, 0.717) is 12.1 Å². The van der Waals surface area contributed by atoms with Crippen LogP contribution in [0.15, 0.2) is 11.2 Å². The summed E-state index contributed by atoms with van der Waals surface area (Å²) in [6.07, 6.45) is 10.6. The van der Waals surface area contributed by atoms with Gasteiger partial charge >= 0.3 is 0 Å². The molecule has 1 atom stereocenters. The average Bonchev–Trinajstić information content (AvgIpc) is 3.25. The Kier molecular flexibility index (Phi) is 7.97. The van der Waals surface area contributed by atoms with Crippen molar-refractivity contribution in [2.24, 2.45) is 4.99 Å². The van der Waals surface area contributed by atoms with Crippen LogP contribution in [-0.2, 0) is 12.8 Å². The number of aromatic nitrogens is 2. The summed E-state index contributed by atoms with van der Waals surface area (Å²) in [4.78, 5) is 6.87. The van der Waals surface area contributed by atoms with Gasteiger partial charge in [0.15, 0.2) is 5.96 Å². The molecule has 0 bridgehead atoms. The van der Waals surface area contributed by atoms with E-state index in [4.69, 9.17) is 5.10 Å². The van der Waals surface area contributed by atoms with Crippen molar-refractivity contribution in [2.75, 3.05) is 27.7 Å². The number of nitrogens with zero attached hydrogens (tertiary/aromatic N) is 4. The number of hydrogen-bond donors (Lipinski definition) is 2. The van der Waals surface area contributed by atoms with E-state index in [1.807, 2.05) is 7.05 Å². The minimum Gasteiger partial charge on any atom is -0.355 e. The highest BCUT2D eigenvalue weighted by atomic mass is 127. The van der Waals surface area contributed by atoms with Crippen LogP contribution in [0.2, 0.25) is 0 Å². The summed E-state index contributed by atoms with van der Waals surface area (Å²) in [6, 6.07) is 0.832. The molecule has 27 heavy (non-hydrogen) atoms. The van der Waals surface area contributed by atoms with Crippen LogP contribution in [0.3, 0.4) is 0 Å². The van der Waals surface area contributed by atoms with Crippen LogP contribution in [0.25, 0.3) is 0 Å². The van der Waals surface area contributed by atoms with Crippen LogP contribution in [0.5, 0.6) is 0 Å². The first-order valence-corrected chi connectivity index (χ1v) is 10.1. The van der Waals surface area contributed by atoms with E-state index in [0.717, 1.165) is 31.8 Å². The third-order valence-corrected chi connectivity index (χ3v) is 6.26. The van der Waals surface area contributed by atoms with Gasteiger partial charge in [0, 0.05) is 43.8 Å². The van der Waals surface area contributed by atoms with Gasteiger partial charge in [-0.3, -0.25) is 9.67 Å². The molecule has 0 amide bonds. The zero-order valence-electron chi connectivity index (χ0n) is 17.6. The van der Waals surface area contributed by atoms with Gasteiger partial charge in [-0.25, -0.2) is 0 Å². The lowest BCUT2D eigenvalue weighted by atomic mass is 9.94. The number of hydrogen-bond acceptors (Lipinski definition) is 3. The Hall–Kier alpha value is -0.830. The lowest BCUT2D eigenvalue weighted by Gasteiger charge is -2.37. The Morgan fingerprint density at radius 3 is 2.67 bits per heavy atom. The van der Waals surface area contributed by atoms with Crippen LogP contribution < -0.4 is 10.6 Å². The third kappa shape index (κ3) is 5.16. The lowest BCUT2D eigenvalue weighted by Crippen LogP contribution is -2.54. The van der Waals surface area contributed by atoms with Gasteiger partial charge in [-0.1, -0.05) is 12.8 Å². The minimum absolute atomic E-state index is 0. The molecule has 6 nitrogen and oxygen atoms in total. The van der Waals surface area contributed by atoms with Crippen LogP contribution in [0.1, 0.15) is 63.3 Å². The fourth-order valence-electron chi connectivity index (χ4n) is 4.35. The van der Waals surface area contributed by atoms with Crippen molar-refractivity contribution in [3.63, 3.8) is 0 Å². The first-order valence-electron chi connectivity index (χ1n) is 10.1. The van der Waals surface area contributed by atoms with Crippen molar-refractivity contribution in [2.45, 2.75) is 76.4 Å². The fourth-order valence-corrected chi connectivity index (χ4v) is 4.35. The molecule has 2 aliphatic rings. The van der Waals surface area contributed by atoms with Crippen molar-refractivity contribution in [1.29, 1.82) is 0 Å². The number of aryl methyl sites for hydroxylation is 1. The Morgan fingerprint density at radius 2 is 2.07 bits per heavy atom. The second-order valence-electron chi connectivity index (χ2n) is 8.51. The van der Waals surface area contributed by atoms with Gasteiger partial charge in [0.25, 0.3) is 0 Å². The maximum atomic E-state index is 4.79. The van der Waals surface area contributed by atoms with Crippen molar-refractivity contribution in [3.05, 3.63) is 17.5 Å². The van der Waals surface area contributed by atoms with Gasteiger partial charge in [-0.05, 0) is 59.2 Å². The Morgan fingerprint density at radius 1 is 1.37 bits per heavy atom.